The van der Waals surface area contributed by atoms with Crippen LogP contribution >= 0.6 is 0 Å². The summed E-state index contributed by atoms with van der Waals surface area (Å²) in [6.45, 7) is 2.71. The van der Waals surface area contributed by atoms with Crippen LogP contribution in [0.1, 0.15) is 32.6 Å². The van der Waals surface area contributed by atoms with E-state index >= 15 is 0 Å². The first kappa shape index (κ1) is 25.7. The van der Waals surface area contributed by atoms with Gasteiger partial charge in [0.05, 0.1) is 18.9 Å². The minimum Gasteiger partial charge on any atom is -0.494 e. The minimum atomic E-state index is -2.88. The zero-order chi connectivity index (χ0) is 25.2. The molecule has 35 heavy (non-hydrogen) atoms. The number of allylic oxidation sites excluding steroid dienone is 2. The van der Waals surface area contributed by atoms with Gasteiger partial charge in [0, 0.05) is 30.2 Å². The summed E-state index contributed by atoms with van der Waals surface area (Å²) < 4.78 is 41.1. The van der Waals surface area contributed by atoms with Crippen LogP contribution in [-0.4, -0.2) is 37.1 Å². The van der Waals surface area contributed by atoms with E-state index in [2.05, 4.69) is 26.2 Å². The third kappa shape index (κ3) is 7.03. The number of aromatic nitrogens is 1. The molecule has 1 fully saturated rings. The Bertz CT molecular complexity index is 1090. The number of hydrogen-bond donors (Lipinski definition) is 0. The predicted molar refractivity (Wildman–Crippen MR) is 130 cm³/mol. The number of benzene rings is 1. The molecule has 1 heterocycles. The van der Waals surface area contributed by atoms with Gasteiger partial charge >= 0.3 is 6.61 Å². The van der Waals surface area contributed by atoms with Gasteiger partial charge in [0.2, 0.25) is 5.88 Å². The number of pyridine rings is 1. The van der Waals surface area contributed by atoms with Crippen LogP contribution in [0.4, 0.5) is 20.2 Å². The largest absolute Gasteiger partial charge is 0.494 e. The molecule has 0 radical (unpaired) electrons. The lowest BCUT2D eigenvalue weighted by Gasteiger charge is -2.38. The van der Waals surface area contributed by atoms with Crippen LogP contribution in [0.25, 0.3) is 0 Å². The molecule has 0 amide bonds. The molecule has 1 aromatic carbocycles. The Balaban J connectivity index is 1.75. The summed E-state index contributed by atoms with van der Waals surface area (Å²) >= 11 is 0. The van der Waals surface area contributed by atoms with Crippen LogP contribution in [-0.2, 0) is 4.74 Å². The van der Waals surface area contributed by atoms with Gasteiger partial charge in [0.1, 0.15) is 29.4 Å². The Labute approximate surface area is 204 Å². The van der Waals surface area contributed by atoms with Crippen molar-refractivity contribution in [3.8, 4) is 17.6 Å². The molecule has 0 aliphatic heterocycles. The van der Waals surface area contributed by atoms with Crippen molar-refractivity contribution >= 4 is 17.6 Å². The smallest absolute Gasteiger partial charge is 0.387 e. The van der Waals surface area contributed by atoms with E-state index in [4.69, 9.17) is 14.7 Å². The molecule has 0 unspecified atom stereocenters. The average molecular weight is 483 g/mol. The molecule has 2 aromatic rings. The van der Waals surface area contributed by atoms with Gasteiger partial charge in [-0.25, -0.2) is 4.99 Å². The van der Waals surface area contributed by atoms with E-state index in [9.17, 15) is 8.78 Å². The summed E-state index contributed by atoms with van der Waals surface area (Å²) in [4.78, 5) is 10.5. The van der Waals surface area contributed by atoms with E-state index in [0.717, 1.165) is 37.1 Å². The van der Waals surface area contributed by atoms with Gasteiger partial charge in [-0.3, -0.25) is 4.98 Å². The first-order chi connectivity index (χ1) is 16.9. The maximum absolute atomic E-state index is 12.6. The second-order valence-electron chi connectivity index (χ2n) is 7.85. The summed E-state index contributed by atoms with van der Waals surface area (Å²) in [5.41, 5.74) is 2.03. The molecule has 1 aliphatic carbocycles. The normalized spacial score (nSPS) is 18.2. The summed E-state index contributed by atoms with van der Waals surface area (Å²) in [5, 5.41) is 8.98. The number of halogens is 2. The lowest BCUT2D eigenvalue weighted by Crippen LogP contribution is -2.36. The van der Waals surface area contributed by atoms with Crippen molar-refractivity contribution in [1.29, 1.82) is 5.26 Å². The standard InChI is InChI=1S/C26H28F2N4O3/c1-4-19(15-29)16-31-18(2)34-22-9-5-20(6-10-22)32(24-17-30-14-13-25(24)33-3)21-7-11-23(12-8-21)35-26(27)28/h4,7-8,11-14,16-17,20,22,26H,2,5-6,9-10H2,1,3H3/b19-4-,31-16-. The minimum absolute atomic E-state index is 0.0495. The molecule has 1 aliphatic rings. The molecule has 0 bridgehead atoms. The quantitative estimate of drug-likeness (QED) is 0.229. The van der Waals surface area contributed by atoms with Gasteiger partial charge in [0.15, 0.2) is 0 Å². The van der Waals surface area contributed by atoms with E-state index in [0.29, 0.717) is 11.3 Å². The molecular weight excluding hydrogens is 454 g/mol. The molecule has 3 rings (SSSR count). The first-order valence-electron chi connectivity index (χ1n) is 11.2. The summed E-state index contributed by atoms with van der Waals surface area (Å²) in [7, 11) is 1.60. The Morgan fingerprint density at radius 2 is 1.94 bits per heavy atom. The fourth-order valence-electron chi connectivity index (χ4n) is 4.02. The molecule has 1 aromatic heterocycles. The lowest BCUT2D eigenvalue weighted by atomic mass is 9.91. The second-order valence-corrected chi connectivity index (χ2v) is 7.85. The maximum Gasteiger partial charge on any atom is 0.387 e. The molecule has 0 spiro atoms. The Hall–Kier alpha value is -3.93. The van der Waals surface area contributed by atoms with Crippen LogP contribution < -0.4 is 14.4 Å². The van der Waals surface area contributed by atoms with Crippen molar-refractivity contribution in [2.24, 2.45) is 4.99 Å². The van der Waals surface area contributed by atoms with E-state index in [1.54, 1.807) is 50.7 Å². The third-order valence-corrected chi connectivity index (χ3v) is 5.68. The van der Waals surface area contributed by atoms with E-state index < -0.39 is 6.61 Å². The Kier molecular flexibility index (Phi) is 9.18. The highest BCUT2D eigenvalue weighted by atomic mass is 19.3. The number of methoxy groups -OCH3 is 1. The van der Waals surface area contributed by atoms with Crippen LogP contribution in [0, 0.1) is 11.3 Å². The maximum atomic E-state index is 12.6. The molecule has 0 atom stereocenters. The van der Waals surface area contributed by atoms with E-state index in [1.807, 2.05) is 6.07 Å². The predicted octanol–water partition coefficient (Wildman–Crippen LogP) is 6.17. The van der Waals surface area contributed by atoms with Crippen LogP contribution in [0.15, 0.2) is 71.8 Å². The zero-order valence-electron chi connectivity index (χ0n) is 19.7. The molecule has 1 saturated carbocycles. The highest BCUT2D eigenvalue weighted by Gasteiger charge is 2.30. The van der Waals surface area contributed by atoms with E-state index in [1.165, 1.54) is 18.3 Å². The fourth-order valence-corrected chi connectivity index (χ4v) is 4.02. The van der Waals surface area contributed by atoms with Crippen molar-refractivity contribution in [3.63, 3.8) is 0 Å². The highest BCUT2D eigenvalue weighted by molar-refractivity contribution is 5.84. The highest BCUT2D eigenvalue weighted by Crippen LogP contribution is 2.39. The summed E-state index contributed by atoms with van der Waals surface area (Å²) in [6.07, 6.45) is 9.56. The van der Waals surface area contributed by atoms with Gasteiger partial charge in [-0.1, -0.05) is 6.08 Å². The Morgan fingerprint density at radius 1 is 1.23 bits per heavy atom. The number of hydrogen-bond acceptors (Lipinski definition) is 7. The molecule has 0 saturated heterocycles. The van der Waals surface area contributed by atoms with Crippen molar-refractivity contribution < 1.29 is 23.0 Å². The average Bonchev–Trinajstić information content (AvgIpc) is 2.87. The third-order valence-electron chi connectivity index (χ3n) is 5.68. The monoisotopic (exact) mass is 482 g/mol. The van der Waals surface area contributed by atoms with E-state index in [-0.39, 0.29) is 23.8 Å². The van der Waals surface area contributed by atoms with Gasteiger partial charge in [-0.15, -0.1) is 0 Å². The van der Waals surface area contributed by atoms with Crippen molar-refractivity contribution in [2.75, 3.05) is 12.0 Å². The summed E-state index contributed by atoms with van der Waals surface area (Å²) in [6, 6.07) is 10.5. The zero-order valence-corrected chi connectivity index (χ0v) is 19.7. The van der Waals surface area contributed by atoms with Crippen LogP contribution in [0.2, 0.25) is 0 Å². The number of alkyl halides is 2. The van der Waals surface area contributed by atoms with Gasteiger partial charge < -0.3 is 19.1 Å². The first-order valence-corrected chi connectivity index (χ1v) is 11.2. The molecule has 7 nitrogen and oxygen atoms in total. The van der Waals surface area contributed by atoms with Crippen molar-refractivity contribution in [1.82, 2.24) is 4.98 Å². The molecule has 9 heteroatoms. The van der Waals surface area contributed by atoms with Gasteiger partial charge in [0.25, 0.3) is 0 Å². The fraction of sp³-hybridized carbons (Fsp3) is 0.346. The lowest BCUT2D eigenvalue weighted by molar-refractivity contribution is -0.0498. The number of anilines is 2. The number of nitriles is 1. The number of ether oxygens (including phenoxy) is 3. The molecule has 0 N–H and O–H groups in total. The van der Waals surface area contributed by atoms with Crippen molar-refractivity contribution in [3.05, 3.63) is 66.8 Å². The number of rotatable bonds is 10. The topological polar surface area (TPSA) is 80.0 Å². The van der Waals surface area contributed by atoms with Crippen molar-refractivity contribution in [2.45, 2.75) is 51.4 Å². The Morgan fingerprint density at radius 3 is 2.54 bits per heavy atom. The number of nitrogens with zero attached hydrogens (tertiary/aromatic N) is 4. The molecular formula is C26H28F2N4O3. The van der Waals surface area contributed by atoms with Gasteiger partial charge in [-0.05, 0) is 63.5 Å². The number of aliphatic imine (C=N–C) groups is 1. The van der Waals surface area contributed by atoms with Crippen LogP contribution in [0.5, 0.6) is 11.5 Å². The molecule has 184 valence electrons. The SMILES string of the molecule is C=C(/N=C\C(C#N)=C/C)OC1CCC(N(c2ccc(OC(F)F)cc2)c2cnccc2OC)CC1. The second kappa shape index (κ2) is 12.5. The van der Waals surface area contributed by atoms with Crippen LogP contribution in [0.3, 0.4) is 0 Å². The van der Waals surface area contributed by atoms with Gasteiger partial charge in [-0.2, -0.15) is 14.0 Å². The summed E-state index contributed by atoms with van der Waals surface area (Å²) in [5.74, 6) is 1.02.